The summed E-state index contributed by atoms with van der Waals surface area (Å²) in [5.41, 5.74) is 4.35. The fraction of sp³-hybridized carbons (Fsp3) is 0.200. The van der Waals surface area contributed by atoms with Crippen LogP contribution in [0.4, 0.5) is 0 Å². The molecule has 1 aliphatic rings. The average molecular weight is 479 g/mol. The van der Waals surface area contributed by atoms with Gasteiger partial charge in [0.2, 0.25) is 0 Å². The van der Waals surface area contributed by atoms with Gasteiger partial charge in [-0.3, -0.25) is 9.69 Å². The molecule has 0 saturated carbocycles. The number of methoxy groups -OCH3 is 1. The standard InChI is InChI=1S/C30H30N4O2/c1-36-27-16-14-26(15-17-27)34-29(23-28(31-34)25-12-6-3-7-13-25)30(35)33-21-19-32(20-22-33)18-8-11-24-9-4-2-5-10-24/h2-17,23H,18-22H2,1H3/b11-8+. The van der Waals surface area contributed by atoms with Crippen molar-refractivity contribution >= 4 is 12.0 Å². The molecule has 182 valence electrons. The molecule has 1 aliphatic heterocycles. The molecule has 0 bridgehead atoms. The molecule has 0 radical (unpaired) electrons. The summed E-state index contributed by atoms with van der Waals surface area (Å²) in [6, 6.07) is 29.8. The highest BCUT2D eigenvalue weighted by Crippen LogP contribution is 2.24. The summed E-state index contributed by atoms with van der Waals surface area (Å²) in [7, 11) is 1.64. The van der Waals surface area contributed by atoms with E-state index in [2.05, 4.69) is 29.2 Å². The summed E-state index contributed by atoms with van der Waals surface area (Å²) in [6.07, 6.45) is 4.34. The molecule has 0 spiro atoms. The van der Waals surface area contributed by atoms with E-state index >= 15 is 0 Å². The Bertz CT molecular complexity index is 1310. The fourth-order valence-electron chi connectivity index (χ4n) is 4.40. The molecular weight excluding hydrogens is 448 g/mol. The van der Waals surface area contributed by atoms with Gasteiger partial charge in [-0.1, -0.05) is 72.8 Å². The fourth-order valence-corrected chi connectivity index (χ4v) is 4.40. The third kappa shape index (κ3) is 5.39. The number of nitrogens with zero attached hydrogens (tertiary/aromatic N) is 4. The lowest BCUT2D eigenvalue weighted by Gasteiger charge is -2.34. The minimum Gasteiger partial charge on any atom is -0.497 e. The number of hydrogen-bond donors (Lipinski definition) is 0. The second-order valence-corrected chi connectivity index (χ2v) is 8.80. The van der Waals surface area contributed by atoms with Gasteiger partial charge in [-0.05, 0) is 35.9 Å². The molecule has 1 fully saturated rings. The number of carbonyl (C=O) groups is 1. The Labute approximate surface area is 212 Å². The number of ether oxygens (including phenoxy) is 1. The van der Waals surface area contributed by atoms with E-state index < -0.39 is 0 Å². The number of amides is 1. The van der Waals surface area contributed by atoms with E-state index in [0.29, 0.717) is 18.8 Å². The lowest BCUT2D eigenvalue weighted by Crippen LogP contribution is -2.49. The van der Waals surface area contributed by atoms with E-state index in [-0.39, 0.29) is 5.91 Å². The molecule has 0 unspecified atom stereocenters. The molecule has 6 heteroatoms. The Balaban J connectivity index is 1.31. The van der Waals surface area contributed by atoms with Crippen LogP contribution in [0, 0.1) is 0 Å². The van der Waals surface area contributed by atoms with Crippen LogP contribution >= 0.6 is 0 Å². The van der Waals surface area contributed by atoms with Crippen molar-refractivity contribution in [1.29, 1.82) is 0 Å². The largest absolute Gasteiger partial charge is 0.497 e. The van der Waals surface area contributed by atoms with Gasteiger partial charge in [-0.25, -0.2) is 4.68 Å². The van der Waals surface area contributed by atoms with Gasteiger partial charge in [-0.2, -0.15) is 5.10 Å². The molecule has 2 heterocycles. The van der Waals surface area contributed by atoms with Crippen LogP contribution in [0.15, 0.2) is 97.1 Å². The van der Waals surface area contributed by atoms with Crippen molar-refractivity contribution in [1.82, 2.24) is 19.6 Å². The van der Waals surface area contributed by atoms with Crippen LogP contribution in [0.5, 0.6) is 5.75 Å². The Morgan fingerprint density at radius 3 is 2.22 bits per heavy atom. The molecule has 0 atom stereocenters. The molecule has 5 rings (SSSR count). The summed E-state index contributed by atoms with van der Waals surface area (Å²) in [5.74, 6) is 0.763. The first kappa shape index (κ1) is 23.6. The highest BCUT2D eigenvalue weighted by molar-refractivity contribution is 5.94. The van der Waals surface area contributed by atoms with Gasteiger partial charge >= 0.3 is 0 Å². The Morgan fingerprint density at radius 2 is 1.56 bits per heavy atom. The van der Waals surface area contributed by atoms with Crippen molar-refractivity contribution in [3.8, 4) is 22.7 Å². The van der Waals surface area contributed by atoms with Crippen molar-refractivity contribution in [3.05, 3.63) is 108 Å². The SMILES string of the molecule is COc1ccc(-n2nc(-c3ccccc3)cc2C(=O)N2CCN(C/C=C/c3ccccc3)CC2)cc1. The first-order valence-corrected chi connectivity index (χ1v) is 12.2. The van der Waals surface area contributed by atoms with Gasteiger partial charge < -0.3 is 9.64 Å². The quantitative estimate of drug-likeness (QED) is 0.374. The van der Waals surface area contributed by atoms with Crippen LogP contribution in [0.3, 0.4) is 0 Å². The number of hydrogen-bond acceptors (Lipinski definition) is 4. The number of aromatic nitrogens is 2. The zero-order valence-electron chi connectivity index (χ0n) is 20.5. The van der Waals surface area contributed by atoms with E-state index in [9.17, 15) is 4.79 Å². The second-order valence-electron chi connectivity index (χ2n) is 8.80. The maximum atomic E-state index is 13.7. The molecule has 0 N–H and O–H groups in total. The number of benzene rings is 3. The monoisotopic (exact) mass is 478 g/mol. The third-order valence-electron chi connectivity index (χ3n) is 6.45. The Morgan fingerprint density at radius 1 is 0.889 bits per heavy atom. The zero-order valence-corrected chi connectivity index (χ0v) is 20.5. The number of piperazine rings is 1. The van der Waals surface area contributed by atoms with Gasteiger partial charge in [-0.15, -0.1) is 0 Å². The van der Waals surface area contributed by atoms with Crippen molar-refractivity contribution in [2.24, 2.45) is 0 Å². The van der Waals surface area contributed by atoms with Gasteiger partial charge in [0.25, 0.3) is 5.91 Å². The highest BCUT2D eigenvalue weighted by atomic mass is 16.5. The predicted molar refractivity (Wildman–Crippen MR) is 143 cm³/mol. The molecular formula is C30H30N4O2. The molecule has 36 heavy (non-hydrogen) atoms. The van der Waals surface area contributed by atoms with E-state index in [1.165, 1.54) is 5.56 Å². The van der Waals surface area contributed by atoms with Crippen molar-refractivity contribution < 1.29 is 9.53 Å². The van der Waals surface area contributed by atoms with Crippen molar-refractivity contribution in [3.63, 3.8) is 0 Å². The lowest BCUT2D eigenvalue weighted by molar-refractivity contribution is 0.0641. The van der Waals surface area contributed by atoms with E-state index in [1.54, 1.807) is 11.8 Å². The molecule has 4 aromatic rings. The first-order valence-electron chi connectivity index (χ1n) is 12.2. The van der Waals surface area contributed by atoms with E-state index in [0.717, 1.165) is 42.3 Å². The number of rotatable bonds is 7. The van der Waals surface area contributed by atoms with Gasteiger partial charge in [0.15, 0.2) is 0 Å². The summed E-state index contributed by atoms with van der Waals surface area (Å²) < 4.78 is 7.05. The van der Waals surface area contributed by atoms with Crippen LogP contribution in [-0.2, 0) is 0 Å². The van der Waals surface area contributed by atoms with Crippen LogP contribution < -0.4 is 4.74 Å². The minimum atomic E-state index is -0.0000215. The third-order valence-corrected chi connectivity index (χ3v) is 6.45. The maximum absolute atomic E-state index is 13.7. The lowest BCUT2D eigenvalue weighted by atomic mass is 10.1. The van der Waals surface area contributed by atoms with Crippen molar-refractivity contribution in [2.75, 3.05) is 39.8 Å². The Kier molecular flexibility index (Phi) is 7.24. The van der Waals surface area contributed by atoms with Crippen LogP contribution in [0.1, 0.15) is 16.1 Å². The van der Waals surface area contributed by atoms with Gasteiger partial charge in [0, 0.05) is 38.3 Å². The van der Waals surface area contributed by atoms with E-state index in [4.69, 9.17) is 9.84 Å². The van der Waals surface area contributed by atoms with Crippen LogP contribution in [-0.4, -0.2) is 65.3 Å². The zero-order chi connectivity index (χ0) is 24.7. The molecule has 1 saturated heterocycles. The first-order chi connectivity index (χ1) is 17.7. The Hall–Kier alpha value is -4.16. The minimum absolute atomic E-state index is 0.0000215. The highest BCUT2D eigenvalue weighted by Gasteiger charge is 2.26. The summed E-state index contributed by atoms with van der Waals surface area (Å²) in [6.45, 7) is 3.93. The molecule has 0 aliphatic carbocycles. The molecule has 1 aromatic heterocycles. The maximum Gasteiger partial charge on any atom is 0.272 e. The predicted octanol–water partition coefficient (Wildman–Crippen LogP) is 5.02. The summed E-state index contributed by atoms with van der Waals surface area (Å²) in [5, 5.41) is 4.82. The summed E-state index contributed by atoms with van der Waals surface area (Å²) >= 11 is 0. The van der Waals surface area contributed by atoms with Crippen LogP contribution in [0.25, 0.3) is 23.0 Å². The summed E-state index contributed by atoms with van der Waals surface area (Å²) in [4.78, 5) is 18.0. The topological polar surface area (TPSA) is 50.6 Å². The second kappa shape index (κ2) is 11.1. The average Bonchev–Trinajstić information content (AvgIpc) is 3.40. The van der Waals surface area contributed by atoms with Gasteiger partial charge in [0.05, 0.1) is 18.5 Å². The van der Waals surface area contributed by atoms with Crippen molar-refractivity contribution in [2.45, 2.75) is 0 Å². The molecule has 1 amide bonds. The number of carbonyl (C=O) groups excluding carboxylic acids is 1. The van der Waals surface area contributed by atoms with Crippen LogP contribution in [0.2, 0.25) is 0 Å². The smallest absolute Gasteiger partial charge is 0.272 e. The van der Waals surface area contributed by atoms with E-state index in [1.807, 2.05) is 83.8 Å². The molecule has 6 nitrogen and oxygen atoms in total. The normalized spacial score (nSPS) is 14.3. The molecule has 3 aromatic carbocycles. The van der Waals surface area contributed by atoms with Gasteiger partial charge in [0.1, 0.15) is 11.4 Å².